The van der Waals surface area contributed by atoms with Gasteiger partial charge in [-0.25, -0.2) is 0 Å². The molecule has 0 radical (unpaired) electrons. The maximum Gasteiger partial charge on any atom is 0.187 e. The fraction of sp³-hybridized carbons (Fsp3) is 1.00. The minimum absolute atomic E-state index is 0.265. The minimum Gasteiger partial charge on any atom is -0.387 e. The Morgan fingerprint density at radius 3 is 2.71 bits per heavy atom. The van der Waals surface area contributed by atoms with Gasteiger partial charge >= 0.3 is 0 Å². The van der Waals surface area contributed by atoms with Crippen LogP contribution in [0.15, 0.2) is 0 Å². The Bertz CT molecular complexity index is 246. The third-order valence-corrected chi connectivity index (χ3v) is 2.88. The van der Waals surface area contributed by atoms with Crippen LogP contribution in [0.1, 0.15) is 13.8 Å². The van der Waals surface area contributed by atoms with Crippen LogP contribution < -0.4 is 0 Å². The van der Waals surface area contributed by atoms with Gasteiger partial charge in [-0.05, 0) is 13.8 Å². The zero-order valence-corrected chi connectivity index (χ0v) is 8.17. The summed E-state index contributed by atoms with van der Waals surface area (Å²) in [5.41, 5.74) is 0. The topological polar surface area (TPSA) is 57.2 Å². The van der Waals surface area contributed by atoms with Crippen molar-refractivity contribution in [1.29, 1.82) is 0 Å². The fourth-order valence-corrected chi connectivity index (χ4v) is 2.30. The smallest absolute Gasteiger partial charge is 0.187 e. The predicted molar refractivity (Wildman–Crippen MR) is 44.4 cm³/mol. The van der Waals surface area contributed by atoms with Crippen LogP contribution in [0.3, 0.4) is 0 Å². The number of hydrogen-bond donors (Lipinski definition) is 1. The molecule has 80 valence electrons. The lowest BCUT2D eigenvalue weighted by Crippen LogP contribution is -2.52. The van der Waals surface area contributed by atoms with Gasteiger partial charge in [-0.1, -0.05) is 0 Å². The van der Waals surface area contributed by atoms with E-state index >= 15 is 0 Å². The van der Waals surface area contributed by atoms with Gasteiger partial charge in [0.15, 0.2) is 12.1 Å². The molecule has 0 saturated carbocycles. The van der Waals surface area contributed by atoms with E-state index in [9.17, 15) is 5.11 Å². The molecule has 0 spiro atoms. The monoisotopic (exact) mass is 202 g/mol. The molecule has 1 unspecified atom stereocenters. The minimum atomic E-state index is -0.659. The molecule has 3 aliphatic rings. The summed E-state index contributed by atoms with van der Waals surface area (Å²) in [6, 6.07) is 0. The van der Waals surface area contributed by atoms with Crippen LogP contribution in [0.2, 0.25) is 0 Å². The third kappa shape index (κ3) is 1.14. The van der Waals surface area contributed by atoms with Crippen molar-refractivity contribution in [3.8, 4) is 0 Å². The highest BCUT2D eigenvalue weighted by Crippen LogP contribution is 2.40. The number of aliphatic hydroxyl groups excluding tert-OH is 1. The van der Waals surface area contributed by atoms with Crippen LogP contribution in [0, 0.1) is 0 Å². The molecule has 14 heavy (non-hydrogen) atoms. The Labute approximate surface area is 81.9 Å². The van der Waals surface area contributed by atoms with Gasteiger partial charge in [0.25, 0.3) is 0 Å². The first kappa shape index (κ1) is 9.06. The normalized spacial score (nSPS) is 54.6. The molecule has 3 heterocycles. The van der Waals surface area contributed by atoms with Gasteiger partial charge < -0.3 is 24.1 Å². The molecule has 0 amide bonds. The van der Waals surface area contributed by atoms with Crippen molar-refractivity contribution < 1.29 is 24.1 Å². The summed E-state index contributed by atoms with van der Waals surface area (Å²) in [7, 11) is 0. The molecule has 5 nitrogen and oxygen atoms in total. The molecule has 0 aromatic heterocycles. The molecular formula is C9H14O5. The van der Waals surface area contributed by atoms with E-state index in [2.05, 4.69) is 0 Å². The molecule has 3 fully saturated rings. The van der Waals surface area contributed by atoms with E-state index < -0.39 is 11.9 Å². The zero-order chi connectivity index (χ0) is 9.92. The number of aliphatic hydroxyl groups is 1. The molecule has 0 aliphatic carbocycles. The molecule has 1 N–H and O–H groups in total. The highest BCUT2D eigenvalue weighted by atomic mass is 16.8. The SMILES string of the molecule is CC1(C)O[C@@H]2[C@@H]3OC[C@@H](O3)C(O)[C@@H]2O1. The van der Waals surface area contributed by atoms with Crippen LogP contribution >= 0.6 is 0 Å². The van der Waals surface area contributed by atoms with E-state index in [-0.39, 0.29) is 24.6 Å². The number of rotatable bonds is 0. The quantitative estimate of drug-likeness (QED) is 0.580. The molecule has 5 atom stereocenters. The summed E-state index contributed by atoms with van der Waals surface area (Å²) in [5.74, 6) is -0.659. The first-order chi connectivity index (χ1) is 6.57. The van der Waals surface area contributed by atoms with Crippen molar-refractivity contribution in [2.75, 3.05) is 6.61 Å². The van der Waals surface area contributed by atoms with Gasteiger partial charge in [-0.3, -0.25) is 0 Å². The van der Waals surface area contributed by atoms with E-state index in [4.69, 9.17) is 18.9 Å². The van der Waals surface area contributed by atoms with Crippen molar-refractivity contribution in [1.82, 2.24) is 0 Å². The molecular weight excluding hydrogens is 188 g/mol. The lowest BCUT2D eigenvalue weighted by atomic mass is 10.0. The van der Waals surface area contributed by atoms with Gasteiger partial charge in [-0.2, -0.15) is 0 Å². The van der Waals surface area contributed by atoms with E-state index in [1.54, 1.807) is 0 Å². The van der Waals surface area contributed by atoms with Crippen LogP contribution in [0.4, 0.5) is 0 Å². The third-order valence-electron chi connectivity index (χ3n) is 2.88. The molecule has 0 aromatic rings. The van der Waals surface area contributed by atoms with E-state index in [1.807, 2.05) is 13.8 Å². The molecule has 3 rings (SSSR count). The summed E-state index contributed by atoms with van der Waals surface area (Å²) >= 11 is 0. The second-order valence-corrected chi connectivity index (χ2v) is 4.43. The predicted octanol–water partition coefficient (Wildman–Crippen LogP) is -0.378. The van der Waals surface area contributed by atoms with Gasteiger partial charge in [0.05, 0.1) is 6.61 Å². The van der Waals surface area contributed by atoms with Gasteiger partial charge in [0, 0.05) is 0 Å². The van der Waals surface area contributed by atoms with E-state index in [0.29, 0.717) is 6.61 Å². The first-order valence-electron chi connectivity index (χ1n) is 4.88. The fourth-order valence-electron chi connectivity index (χ4n) is 2.30. The van der Waals surface area contributed by atoms with Crippen LogP contribution in [0.5, 0.6) is 0 Å². The number of ether oxygens (including phenoxy) is 4. The summed E-state index contributed by atoms with van der Waals surface area (Å²) < 4.78 is 22.0. The molecule has 2 bridgehead atoms. The van der Waals surface area contributed by atoms with Gasteiger partial charge in [0.2, 0.25) is 0 Å². The number of fused-ring (bicyclic) bond motifs is 4. The highest BCUT2D eigenvalue weighted by molar-refractivity contribution is 4.98. The Balaban J connectivity index is 1.88. The Morgan fingerprint density at radius 2 is 1.93 bits per heavy atom. The van der Waals surface area contributed by atoms with Crippen LogP contribution in [0.25, 0.3) is 0 Å². The van der Waals surface area contributed by atoms with E-state index in [1.165, 1.54) is 0 Å². The summed E-state index contributed by atoms with van der Waals surface area (Å²) in [6.45, 7) is 4.07. The summed E-state index contributed by atoms with van der Waals surface area (Å²) in [4.78, 5) is 0. The van der Waals surface area contributed by atoms with Crippen LogP contribution in [-0.4, -0.2) is 48.2 Å². The average Bonchev–Trinajstić information content (AvgIpc) is 2.64. The van der Waals surface area contributed by atoms with Gasteiger partial charge in [0.1, 0.15) is 24.4 Å². The second kappa shape index (κ2) is 2.68. The van der Waals surface area contributed by atoms with Crippen molar-refractivity contribution in [2.24, 2.45) is 0 Å². The Hall–Kier alpha value is -0.200. The van der Waals surface area contributed by atoms with Crippen molar-refractivity contribution in [3.05, 3.63) is 0 Å². The van der Waals surface area contributed by atoms with Crippen molar-refractivity contribution >= 4 is 0 Å². The van der Waals surface area contributed by atoms with E-state index in [0.717, 1.165) is 0 Å². The maximum atomic E-state index is 9.89. The van der Waals surface area contributed by atoms with Crippen molar-refractivity contribution in [3.63, 3.8) is 0 Å². The standard InChI is InChI=1S/C9H14O5/c1-9(2)13-6-5(10)4-3-11-8(12-4)7(6)14-9/h4-8,10H,3H2,1-2H3/t4-,5?,6+,7+,8-/m1/s1. The first-order valence-corrected chi connectivity index (χ1v) is 4.88. The van der Waals surface area contributed by atoms with Crippen molar-refractivity contribution in [2.45, 2.75) is 50.3 Å². The lowest BCUT2D eigenvalue weighted by Gasteiger charge is -2.31. The largest absolute Gasteiger partial charge is 0.387 e. The highest BCUT2D eigenvalue weighted by Gasteiger charge is 2.58. The molecule has 3 aliphatic heterocycles. The van der Waals surface area contributed by atoms with Gasteiger partial charge in [-0.15, -0.1) is 0 Å². The number of hydrogen-bond acceptors (Lipinski definition) is 5. The molecule has 3 saturated heterocycles. The summed E-state index contributed by atoms with van der Waals surface area (Å²) in [6.07, 6.45) is -1.93. The second-order valence-electron chi connectivity index (χ2n) is 4.43. The lowest BCUT2D eigenvalue weighted by molar-refractivity contribution is -0.198. The Morgan fingerprint density at radius 1 is 1.21 bits per heavy atom. The average molecular weight is 202 g/mol. The zero-order valence-electron chi connectivity index (χ0n) is 8.17. The molecule has 5 heteroatoms. The summed E-state index contributed by atoms with van der Waals surface area (Å²) in [5, 5.41) is 9.89. The molecule has 0 aromatic carbocycles. The Kier molecular flexibility index (Phi) is 1.73. The maximum absolute atomic E-state index is 9.89. The van der Waals surface area contributed by atoms with Crippen LogP contribution in [-0.2, 0) is 18.9 Å².